The summed E-state index contributed by atoms with van der Waals surface area (Å²) in [6, 6.07) is -0.833. The number of ether oxygens (including phenoxy) is 2. The number of hydrogen-bond acceptors (Lipinski definition) is 8. The fourth-order valence-electron chi connectivity index (χ4n) is 9.31. The normalized spacial score (nSPS) is 19.5. The zero-order chi connectivity index (χ0) is 56.5. The van der Waals surface area contributed by atoms with E-state index in [-0.39, 0.29) is 12.5 Å². The molecule has 0 aromatic rings. The highest BCUT2D eigenvalue weighted by Crippen LogP contribution is 2.23. The maximum atomic E-state index is 13.1. The highest BCUT2D eigenvalue weighted by molar-refractivity contribution is 5.76. The number of hydrogen-bond donors (Lipinski definition) is 6. The standard InChI is InChI=1S/C69H117NO8/c1-3-5-7-9-11-13-15-17-19-21-23-25-26-27-28-29-30-31-32-33-34-35-36-37-38-39-41-43-45-47-49-51-53-55-57-59-65(73)70-62(61-77-69-68(76)67(75)66(74)64(60-71)78-69)63(72)58-56-54-52-50-48-46-44-42-40-24-22-20-18-16-14-12-10-8-6-4-2/h5,7,11,13,17,19,23,25,27-28,30-31,33-34,36-37,48,50,56,58,62-64,66-69,71-72,74-76H,3-4,6,8-10,12,14-16,18,20-22,24,26,29,32,35,38-47,49,51-55,57,59-61H2,1-2H3,(H,70,73)/b7-5-,13-11-,19-17-,25-23-,28-27-,31-30-,34-33-,37-36-,50-48+,58-56+. The number of allylic oxidation sites excluding steroid dienone is 19. The van der Waals surface area contributed by atoms with Gasteiger partial charge < -0.3 is 40.3 Å². The van der Waals surface area contributed by atoms with Crippen molar-refractivity contribution in [3.8, 4) is 0 Å². The Morgan fingerprint density at radius 2 is 0.808 bits per heavy atom. The Kier molecular flexibility index (Phi) is 52.9. The third-order valence-corrected chi connectivity index (χ3v) is 14.3. The molecule has 0 aromatic heterocycles. The second-order valence-corrected chi connectivity index (χ2v) is 21.5. The van der Waals surface area contributed by atoms with E-state index in [0.717, 1.165) is 103 Å². The quantitative estimate of drug-likeness (QED) is 0.0261. The van der Waals surface area contributed by atoms with E-state index in [1.165, 1.54) is 128 Å². The molecule has 1 fully saturated rings. The van der Waals surface area contributed by atoms with Crippen LogP contribution in [0.2, 0.25) is 0 Å². The lowest BCUT2D eigenvalue weighted by atomic mass is 9.99. The van der Waals surface area contributed by atoms with Gasteiger partial charge in [0, 0.05) is 6.42 Å². The fraction of sp³-hybridized carbons (Fsp3) is 0.696. The maximum Gasteiger partial charge on any atom is 0.220 e. The van der Waals surface area contributed by atoms with Crippen LogP contribution in [0.4, 0.5) is 0 Å². The van der Waals surface area contributed by atoms with Gasteiger partial charge in [-0.1, -0.05) is 270 Å². The Morgan fingerprint density at radius 1 is 0.449 bits per heavy atom. The summed E-state index contributed by atoms with van der Waals surface area (Å²) in [5.74, 6) is -0.195. The van der Waals surface area contributed by atoms with E-state index in [1.807, 2.05) is 6.08 Å². The molecule has 1 aliphatic heterocycles. The molecule has 0 saturated carbocycles. The lowest BCUT2D eigenvalue weighted by Gasteiger charge is -2.40. The van der Waals surface area contributed by atoms with Gasteiger partial charge in [-0.15, -0.1) is 0 Å². The predicted octanol–water partition coefficient (Wildman–Crippen LogP) is 16.7. The summed E-state index contributed by atoms with van der Waals surface area (Å²) < 4.78 is 11.3. The number of rotatable bonds is 53. The third kappa shape index (κ3) is 45.3. The molecule has 7 unspecified atom stereocenters. The Hall–Kier alpha value is -3.41. The monoisotopic (exact) mass is 1090 g/mol. The minimum atomic E-state index is -1.58. The minimum Gasteiger partial charge on any atom is -0.394 e. The van der Waals surface area contributed by atoms with Crippen LogP contribution in [-0.2, 0) is 14.3 Å². The third-order valence-electron chi connectivity index (χ3n) is 14.3. The van der Waals surface area contributed by atoms with Gasteiger partial charge in [-0.05, 0) is 96.3 Å². The highest BCUT2D eigenvalue weighted by Gasteiger charge is 2.44. The van der Waals surface area contributed by atoms with E-state index < -0.39 is 49.5 Å². The fourth-order valence-corrected chi connectivity index (χ4v) is 9.31. The van der Waals surface area contributed by atoms with E-state index in [4.69, 9.17) is 9.47 Å². The van der Waals surface area contributed by atoms with Gasteiger partial charge in [-0.3, -0.25) is 4.79 Å². The Morgan fingerprint density at radius 3 is 1.23 bits per heavy atom. The number of nitrogens with one attached hydrogen (secondary N) is 1. The second-order valence-electron chi connectivity index (χ2n) is 21.5. The second kappa shape index (κ2) is 56.8. The van der Waals surface area contributed by atoms with Crippen LogP contribution in [0.3, 0.4) is 0 Å². The highest BCUT2D eigenvalue weighted by atomic mass is 16.7. The molecule has 9 nitrogen and oxygen atoms in total. The predicted molar refractivity (Wildman–Crippen MR) is 331 cm³/mol. The SMILES string of the molecule is CC/C=C\C/C=C\C/C=C\C/C=C\C/C=C\C/C=C\C/C=C\C/C=C\CCCCCCCCCCCCC(=O)NC(COC1OC(CO)C(O)C(O)C1O)C(O)/C=C/CC/C=C/CCCCCCCCCCCCCCCC. The number of carbonyl (C=O) groups excluding carboxylic acids is 1. The molecule has 1 rings (SSSR count). The first-order valence-electron chi connectivity index (χ1n) is 31.8. The Labute approximate surface area is 478 Å². The van der Waals surface area contributed by atoms with Crippen LogP contribution < -0.4 is 5.32 Å². The molecule has 6 N–H and O–H groups in total. The number of amides is 1. The largest absolute Gasteiger partial charge is 0.394 e. The number of aliphatic hydroxyl groups is 5. The summed E-state index contributed by atoms with van der Waals surface area (Å²) in [5.41, 5.74) is 0. The summed E-state index contributed by atoms with van der Waals surface area (Å²) in [6.07, 6.45) is 78.4. The summed E-state index contributed by atoms with van der Waals surface area (Å²) >= 11 is 0. The zero-order valence-electron chi connectivity index (χ0n) is 49.6. The van der Waals surface area contributed by atoms with Crippen molar-refractivity contribution in [2.75, 3.05) is 13.2 Å². The van der Waals surface area contributed by atoms with Crippen molar-refractivity contribution in [2.24, 2.45) is 0 Å². The number of unbranched alkanes of at least 4 members (excludes halogenated alkanes) is 25. The molecule has 0 aliphatic carbocycles. The van der Waals surface area contributed by atoms with E-state index in [9.17, 15) is 30.3 Å². The van der Waals surface area contributed by atoms with Crippen molar-refractivity contribution in [2.45, 2.75) is 294 Å². The first kappa shape index (κ1) is 72.6. The van der Waals surface area contributed by atoms with Crippen LogP contribution in [0, 0.1) is 0 Å². The van der Waals surface area contributed by atoms with Crippen molar-refractivity contribution in [1.29, 1.82) is 0 Å². The molecule has 1 amide bonds. The van der Waals surface area contributed by atoms with E-state index >= 15 is 0 Å². The van der Waals surface area contributed by atoms with Gasteiger partial charge in [0.05, 0.1) is 25.4 Å². The first-order chi connectivity index (χ1) is 38.3. The van der Waals surface area contributed by atoms with E-state index in [2.05, 4.69) is 129 Å². The van der Waals surface area contributed by atoms with Crippen LogP contribution in [0.25, 0.3) is 0 Å². The van der Waals surface area contributed by atoms with Crippen molar-refractivity contribution in [3.63, 3.8) is 0 Å². The van der Waals surface area contributed by atoms with Crippen molar-refractivity contribution < 1.29 is 39.8 Å². The lowest BCUT2D eigenvalue weighted by Crippen LogP contribution is -2.60. The minimum absolute atomic E-state index is 0.195. The number of carbonyl (C=O) groups is 1. The van der Waals surface area contributed by atoms with Crippen LogP contribution in [0.15, 0.2) is 122 Å². The summed E-state index contributed by atoms with van der Waals surface area (Å²) in [5, 5.41) is 54.6. The van der Waals surface area contributed by atoms with Gasteiger partial charge in [-0.2, -0.15) is 0 Å². The summed E-state index contributed by atoms with van der Waals surface area (Å²) in [4.78, 5) is 13.1. The molecule has 0 spiro atoms. The van der Waals surface area contributed by atoms with Gasteiger partial charge in [0.15, 0.2) is 6.29 Å². The average molecular weight is 1090 g/mol. The van der Waals surface area contributed by atoms with Crippen LogP contribution in [0.1, 0.15) is 251 Å². The molecule has 1 saturated heterocycles. The average Bonchev–Trinajstić information content (AvgIpc) is 3.45. The van der Waals surface area contributed by atoms with Gasteiger partial charge in [0.25, 0.3) is 0 Å². The molecule has 9 heteroatoms. The summed E-state index contributed by atoms with van der Waals surface area (Å²) in [7, 11) is 0. The van der Waals surface area contributed by atoms with Crippen molar-refractivity contribution in [3.05, 3.63) is 122 Å². The molecular formula is C69H117NO8. The molecule has 0 bridgehead atoms. The molecule has 1 aliphatic rings. The molecule has 78 heavy (non-hydrogen) atoms. The molecular weight excluding hydrogens is 971 g/mol. The van der Waals surface area contributed by atoms with Gasteiger partial charge in [-0.25, -0.2) is 0 Å². The zero-order valence-corrected chi connectivity index (χ0v) is 49.6. The van der Waals surface area contributed by atoms with E-state index in [0.29, 0.717) is 6.42 Å². The Bertz CT molecular complexity index is 1640. The van der Waals surface area contributed by atoms with Crippen molar-refractivity contribution >= 4 is 5.91 Å². The van der Waals surface area contributed by atoms with Gasteiger partial charge >= 0.3 is 0 Å². The molecule has 446 valence electrons. The lowest BCUT2D eigenvalue weighted by molar-refractivity contribution is -0.302. The molecule has 0 aromatic carbocycles. The smallest absolute Gasteiger partial charge is 0.220 e. The Balaban J connectivity index is 2.20. The van der Waals surface area contributed by atoms with Gasteiger partial charge in [0.1, 0.15) is 24.4 Å². The van der Waals surface area contributed by atoms with Crippen LogP contribution in [-0.4, -0.2) is 87.5 Å². The van der Waals surface area contributed by atoms with Crippen LogP contribution >= 0.6 is 0 Å². The van der Waals surface area contributed by atoms with Crippen molar-refractivity contribution in [1.82, 2.24) is 5.32 Å². The van der Waals surface area contributed by atoms with Crippen LogP contribution in [0.5, 0.6) is 0 Å². The number of aliphatic hydroxyl groups excluding tert-OH is 5. The molecule has 7 atom stereocenters. The van der Waals surface area contributed by atoms with E-state index in [1.54, 1.807) is 6.08 Å². The maximum absolute atomic E-state index is 13.1. The summed E-state index contributed by atoms with van der Waals surface area (Å²) in [6.45, 7) is 3.65. The molecule has 0 radical (unpaired) electrons. The topological polar surface area (TPSA) is 149 Å². The van der Waals surface area contributed by atoms with Gasteiger partial charge in [0.2, 0.25) is 5.91 Å². The first-order valence-corrected chi connectivity index (χ1v) is 31.8. The molecule has 1 heterocycles.